The van der Waals surface area contributed by atoms with E-state index >= 15 is 0 Å². The highest BCUT2D eigenvalue weighted by Crippen LogP contribution is 2.32. The maximum atomic E-state index is 13.7. The Morgan fingerprint density at radius 1 is 0.920 bits per heavy atom. The maximum absolute atomic E-state index is 13.7. The van der Waals surface area contributed by atoms with Gasteiger partial charge in [-0.1, -0.05) is 6.07 Å². The van der Waals surface area contributed by atoms with Gasteiger partial charge in [0, 0.05) is 5.69 Å². The Morgan fingerprint density at radius 3 is 2.00 bits per heavy atom. The number of hydrogen-bond acceptors (Lipinski definition) is 1. The van der Waals surface area contributed by atoms with E-state index in [-0.39, 0.29) is 5.69 Å². The monoisotopic (exact) mass is 446 g/mol. The second-order valence-electron chi connectivity index (χ2n) is 4.60. The molecule has 0 atom stereocenters. The fourth-order valence-corrected chi connectivity index (χ4v) is 2.33. The van der Waals surface area contributed by atoms with Crippen molar-refractivity contribution in [3.05, 3.63) is 57.6 Å². The SMILES string of the molecule is Fc1c(F)c(NC(=S)Nc2cccc(C(F)(F)F)c2)c(F)c(F)c1Br. The number of nitrogens with one attached hydrogen (secondary N) is 2. The summed E-state index contributed by atoms with van der Waals surface area (Å²) in [4.78, 5) is 0. The van der Waals surface area contributed by atoms with E-state index in [1.807, 2.05) is 5.32 Å². The first-order chi connectivity index (χ1) is 11.5. The quantitative estimate of drug-likeness (QED) is 0.262. The van der Waals surface area contributed by atoms with Gasteiger partial charge in [-0.2, -0.15) is 13.2 Å². The van der Waals surface area contributed by atoms with E-state index in [0.29, 0.717) is 6.07 Å². The second kappa shape index (κ2) is 7.16. The summed E-state index contributed by atoms with van der Waals surface area (Å²) in [5.74, 6) is -6.88. The fourth-order valence-electron chi connectivity index (χ4n) is 1.76. The van der Waals surface area contributed by atoms with Crippen molar-refractivity contribution in [2.75, 3.05) is 10.6 Å². The van der Waals surface area contributed by atoms with Crippen LogP contribution in [0, 0.1) is 23.3 Å². The van der Waals surface area contributed by atoms with Gasteiger partial charge in [-0.05, 0) is 46.3 Å². The summed E-state index contributed by atoms with van der Waals surface area (Å²) in [6, 6.07) is 3.79. The zero-order valence-corrected chi connectivity index (χ0v) is 14.1. The van der Waals surface area contributed by atoms with Crippen molar-refractivity contribution in [1.82, 2.24) is 0 Å². The van der Waals surface area contributed by atoms with Crippen molar-refractivity contribution in [1.29, 1.82) is 0 Å². The van der Waals surface area contributed by atoms with Crippen LogP contribution < -0.4 is 10.6 Å². The smallest absolute Gasteiger partial charge is 0.332 e. The van der Waals surface area contributed by atoms with E-state index in [2.05, 4.69) is 21.2 Å². The van der Waals surface area contributed by atoms with E-state index < -0.39 is 50.3 Å². The number of anilines is 2. The molecule has 0 aromatic heterocycles. The van der Waals surface area contributed by atoms with Gasteiger partial charge in [-0.15, -0.1) is 0 Å². The Balaban J connectivity index is 2.25. The number of thiocarbonyl (C=S) groups is 1. The molecule has 2 rings (SSSR count). The van der Waals surface area contributed by atoms with Crippen LogP contribution in [0.2, 0.25) is 0 Å². The molecule has 0 aliphatic rings. The molecule has 0 bridgehead atoms. The Kier molecular flexibility index (Phi) is 5.57. The molecule has 0 aliphatic heterocycles. The van der Waals surface area contributed by atoms with Gasteiger partial charge < -0.3 is 10.6 Å². The lowest BCUT2D eigenvalue weighted by Gasteiger charge is -2.14. The van der Waals surface area contributed by atoms with E-state index in [4.69, 9.17) is 12.2 Å². The summed E-state index contributed by atoms with van der Waals surface area (Å²) in [7, 11) is 0. The number of hydrogen-bond donors (Lipinski definition) is 2. The third-order valence-corrected chi connectivity index (χ3v) is 3.80. The molecule has 2 N–H and O–H groups in total. The summed E-state index contributed by atoms with van der Waals surface area (Å²) in [6.07, 6.45) is -4.61. The Hall–Kier alpha value is -1.88. The summed E-state index contributed by atoms with van der Waals surface area (Å²) in [6.45, 7) is 0. The zero-order valence-electron chi connectivity index (χ0n) is 11.7. The van der Waals surface area contributed by atoms with Crippen LogP contribution in [-0.2, 0) is 6.18 Å². The van der Waals surface area contributed by atoms with Crippen LogP contribution in [0.3, 0.4) is 0 Å². The standard InChI is InChI=1S/C14H6BrF7N2S/c15-7-8(16)10(18)12(11(19)9(7)17)24-13(25)23-6-3-1-2-5(4-6)14(20,21)22/h1-4H,(H2,23,24,25). The Bertz CT molecular complexity index is 810. The molecule has 25 heavy (non-hydrogen) atoms. The highest BCUT2D eigenvalue weighted by molar-refractivity contribution is 9.10. The predicted octanol–water partition coefficient (Wildman–Crippen LogP) is 5.83. The molecule has 2 nitrogen and oxygen atoms in total. The van der Waals surface area contributed by atoms with Crippen molar-refractivity contribution in [3.63, 3.8) is 0 Å². The molecule has 0 unspecified atom stereocenters. The molecule has 0 saturated heterocycles. The van der Waals surface area contributed by atoms with Crippen molar-refractivity contribution >= 4 is 44.6 Å². The molecule has 0 radical (unpaired) electrons. The van der Waals surface area contributed by atoms with E-state index in [0.717, 1.165) is 12.1 Å². The summed E-state index contributed by atoms with van der Waals surface area (Å²) >= 11 is 7.05. The first-order valence-electron chi connectivity index (χ1n) is 6.29. The average molecular weight is 447 g/mol. The molecule has 0 spiro atoms. The van der Waals surface area contributed by atoms with Crippen molar-refractivity contribution in [2.45, 2.75) is 6.18 Å². The summed E-state index contributed by atoms with van der Waals surface area (Å²) in [5.41, 5.74) is -2.35. The largest absolute Gasteiger partial charge is 0.416 e. The van der Waals surface area contributed by atoms with Crippen LogP contribution >= 0.6 is 28.1 Å². The number of alkyl halides is 3. The van der Waals surface area contributed by atoms with Gasteiger partial charge in [-0.3, -0.25) is 0 Å². The fraction of sp³-hybridized carbons (Fsp3) is 0.0714. The molecular weight excluding hydrogens is 441 g/mol. The van der Waals surface area contributed by atoms with Gasteiger partial charge >= 0.3 is 6.18 Å². The van der Waals surface area contributed by atoms with Crippen LogP contribution in [0.1, 0.15) is 5.56 Å². The number of halogens is 8. The van der Waals surface area contributed by atoms with E-state index in [1.165, 1.54) is 6.07 Å². The van der Waals surface area contributed by atoms with Gasteiger partial charge in [0.25, 0.3) is 0 Å². The van der Waals surface area contributed by atoms with Crippen molar-refractivity contribution in [2.24, 2.45) is 0 Å². The molecule has 134 valence electrons. The molecule has 0 amide bonds. The van der Waals surface area contributed by atoms with Crippen LogP contribution in [-0.4, -0.2) is 5.11 Å². The first kappa shape index (κ1) is 19.4. The first-order valence-corrected chi connectivity index (χ1v) is 7.49. The molecule has 0 saturated carbocycles. The van der Waals surface area contributed by atoms with Crippen LogP contribution in [0.4, 0.5) is 42.1 Å². The summed E-state index contributed by atoms with van der Waals surface area (Å²) in [5, 5.41) is 3.55. The zero-order chi connectivity index (χ0) is 18.9. The molecule has 0 fully saturated rings. The van der Waals surface area contributed by atoms with Crippen LogP contribution in [0.5, 0.6) is 0 Å². The van der Waals surface area contributed by atoms with Gasteiger partial charge in [0.1, 0.15) is 5.69 Å². The lowest BCUT2D eigenvalue weighted by atomic mass is 10.2. The molecule has 11 heteroatoms. The van der Waals surface area contributed by atoms with Crippen molar-refractivity contribution < 1.29 is 30.7 Å². The van der Waals surface area contributed by atoms with Crippen LogP contribution in [0.25, 0.3) is 0 Å². The topological polar surface area (TPSA) is 24.1 Å². The van der Waals surface area contributed by atoms with Crippen LogP contribution in [0.15, 0.2) is 28.7 Å². The number of rotatable bonds is 2. The minimum Gasteiger partial charge on any atom is -0.332 e. The van der Waals surface area contributed by atoms with Crippen molar-refractivity contribution in [3.8, 4) is 0 Å². The highest BCUT2D eigenvalue weighted by atomic mass is 79.9. The van der Waals surface area contributed by atoms with Gasteiger partial charge in [0.15, 0.2) is 28.4 Å². The minimum absolute atomic E-state index is 0.147. The predicted molar refractivity (Wildman–Crippen MR) is 85.3 cm³/mol. The second-order valence-corrected chi connectivity index (χ2v) is 5.80. The van der Waals surface area contributed by atoms with E-state index in [9.17, 15) is 30.7 Å². The Morgan fingerprint density at radius 2 is 1.48 bits per heavy atom. The minimum atomic E-state index is -4.61. The normalized spacial score (nSPS) is 11.4. The summed E-state index contributed by atoms with van der Waals surface area (Å²) < 4.78 is 91.1. The highest BCUT2D eigenvalue weighted by Gasteiger charge is 2.30. The van der Waals surface area contributed by atoms with E-state index in [1.54, 1.807) is 0 Å². The van der Waals surface area contributed by atoms with Gasteiger partial charge in [0.05, 0.1) is 10.0 Å². The number of benzene rings is 2. The maximum Gasteiger partial charge on any atom is 0.416 e. The molecule has 2 aromatic rings. The average Bonchev–Trinajstić information content (AvgIpc) is 2.54. The lowest BCUT2D eigenvalue weighted by molar-refractivity contribution is -0.137. The van der Waals surface area contributed by atoms with Gasteiger partial charge in [-0.25, -0.2) is 17.6 Å². The molecule has 0 aliphatic carbocycles. The molecular formula is C14H6BrF7N2S. The van der Waals surface area contributed by atoms with Gasteiger partial charge in [0.2, 0.25) is 0 Å². The third-order valence-electron chi connectivity index (χ3n) is 2.90. The molecule has 0 heterocycles. The Labute approximate surface area is 150 Å². The molecule has 2 aromatic carbocycles. The third kappa shape index (κ3) is 4.21. The lowest BCUT2D eigenvalue weighted by Crippen LogP contribution is -2.22.